The first-order chi connectivity index (χ1) is 20.5. The summed E-state index contributed by atoms with van der Waals surface area (Å²) in [6, 6.07) is 8.86. The van der Waals surface area contributed by atoms with Gasteiger partial charge >= 0.3 is 6.09 Å². The zero-order chi connectivity index (χ0) is 30.5. The molecule has 1 aromatic rings. The fraction of sp³-hybridized carbons (Fsp3) is 0.771. The average Bonchev–Trinajstić information content (AvgIpc) is 2.98. The quantitative estimate of drug-likeness (QED) is 0.0673. The molecule has 0 aromatic heterocycles. The highest BCUT2D eigenvalue weighted by Crippen LogP contribution is 2.13. The van der Waals surface area contributed by atoms with Gasteiger partial charge in [0, 0.05) is 13.1 Å². The Morgan fingerprint density at radius 1 is 0.714 bits per heavy atom. The van der Waals surface area contributed by atoms with Gasteiger partial charge in [0.1, 0.15) is 12.6 Å². The number of hydrogen-bond donors (Lipinski definition) is 3. The second-order valence-electron chi connectivity index (χ2n) is 12.1. The van der Waals surface area contributed by atoms with Gasteiger partial charge in [-0.15, -0.1) is 0 Å². The minimum absolute atomic E-state index is 0.173. The van der Waals surface area contributed by atoms with E-state index >= 15 is 0 Å². The van der Waals surface area contributed by atoms with Crippen LogP contribution in [0.15, 0.2) is 30.3 Å². The predicted molar refractivity (Wildman–Crippen MR) is 174 cm³/mol. The highest BCUT2D eigenvalue weighted by Gasteiger charge is 2.22. The highest BCUT2D eigenvalue weighted by molar-refractivity contribution is 5.85. The molecular weight excluding hydrogens is 526 g/mol. The number of amides is 2. The summed E-state index contributed by atoms with van der Waals surface area (Å²) in [6.45, 7) is 8.38. The van der Waals surface area contributed by atoms with E-state index < -0.39 is 12.1 Å². The molecule has 0 fully saturated rings. The molecule has 0 heterocycles. The Labute approximate surface area is 257 Å². The van der Waals surface area contributed by atoms with Crippen molar-refractivity contribution in [1.82, 2.24) is 16.1 Å². The lowest BCUT2D eigenvalue weighted by Crippen LogP contribution is -2.47. The van der Waals surface area contributed by atoms with Gasteiger partial charge in [0.15, 0.2) is 0 Å². The van der Waals surface area contributed by atoms with Crippen LogP contribution in [0.4, 0.5) is 4.79 Å². The Morgan fingerprint density at radius 2 is 1.26 bits per heavy atom. The molecule has 0 bridgehead atoms. The van der Waals surface area contributed by atoms with Crippen LogP contribution in [-0.2, 0) is 21.0 Å². The van der Waals surface area contributed by atoms with E-state index in [1.165, 1.54) is 96.3 Å². The largest absolute Gasteiger partial charge is 0.445 e. The topological polar surface area (TPSA) is 88.7 Å². The maximum absolute atomic E-state index is 12.7. The number of ether oxygens (including phenoxy) is 1. The molecule has 0 aliphatic carbocycles. The number of nitrogens with one attached hydrogen (secondary N) is 3. The maximum atomic E-state index is 12.7. The summed E-state index contributed by atoms with van der Waals surface area (Å²) < 4.78 is 5.28. The zero-order valence-corrected chi connectivity index (χ0v) is 27.2. The summed E-state index contributed by atoms with van der Waals surface area (Å²) in [5, 5.41) is 5.63. The molecule has 2 amide bonds. The van der Waals surface area contributed by atoms with E-state index in [2.05, 4.69) is 23.0 Å². The molecule has 0 saturated carbocycles. The van der Waals surface area contributed by atoms with Crippen molar-refractivity contribution in [3.05, 3.63) is 35.9 Å². The first-order valence-corrected chi connectivity index (χ1v) is 17.1. The lowest BCUT2D eigenvalue weighted by Gasteiger charge is -2.20. The number of alkyl carbamates (subject to hydrolysis) is 1. The number of hydroxylamine groups is 1. The van der Waals surface area contributed by atoms with Crippen LogP contribution in [0, 0.1) is 5.92 Å². The number of unbranched alkanes of at least 4 members (excludes halogenated alkanes) is 15. The Morgan fingerprint density at radius 3 is 1.81 bits per heavy atom. The lowest BCUT2D eigenvalue weighted by molar-refractivity contribution is -0.123. The highest BCUT2D eigenvalue weighted by atomic mass is 16.6. The lowest BCUT2D eigenvalue weighted by atomic mass is 10.0. The van der Waals surface area contributed by atoms with E-state index in [1.807, 2.05) is 44.2 Å². The fourth-order valence-electron chi connectivity index (χ4n) is 4.98. The van der Waals surface area contributed by atoms with E-state index in [1.54, 1.807) is 0 Å². The maximum Gasteiger partial charge on any atom is 0.408 e. The number of carbonyl (C=O) groups is 2. The van der Waals surface area contributed by atoms with E-state index in [4.69, 9.17) is 9.57 Å². The molecule has 0 radical (unpaired) electrons. The van der Waals surface area contributed by atoms with E-state index in [0.717, 1.165) is 18.5 Å². The second kappa shape index (κ2) is 27.7. The normalized spacial score (nSPS) is 11.9. The van der Waals surface area contributed by atoms with Gasteiger partial charge in [0.25, 0.3) is 0 Å². The van der Waals surface area contributed by atoms with Crippen molar-refractivity contribution in [3.8, 4) is 0 Å². The first kappa shape index (κ1) is 37.9. The van der Waals surface area contributed by atoms with Gasteiger partial charge in [-0.3, -0.25) is 4.79 Å². The number of carbonyl (C=O) groups excluding carboxylic acids is 2. The molecule has 1 aromatic carbocycles. The predicted octanol–water partition coefficient (Wildman–Crippen LogP) is 8.62. The van der Waals surface area contributed by atoms with Gasteiger partial charge in [-0.05, 0) is 30.7 Å². The van der Waals surface area contributed by atoms with Crippen molar-refractivity contribution in [3.63, 3.8) is 0 Å². The Kier molecular flexibility index (Phi) is 25.0. The van der Waals surface area contributed by atoms with Crippen LogP contribution in [0.2, 0.25) is 0 Å². The smallest absolute Gasteiger partial charge is 0.408 e. The van der Waals surface area contributed by atoms with Crippen LogP contribution in [-0.4, -0.2) is 37.7 Å². The van der Waals surface area contributed by atoms with Gasteiger partial charge in [-0.1, -0.05) is 147 Å². The summed E-state index contributed by atoms with van der Waals surface area (Å²) in [6.07, 6.45) is 22.6. The third-order valence-electron chi connectivity index (χ3n) is 7.49. The number of rotatable bonds is 28. The molecule has 7 heteroatoms. The molecule has 3 N–H and O–H groups in total. The molecule has 0 spiro atoms. The van der Waals surface area contributed by atoms with Crippen molar-refractivity contribution >= 4 is 12.0 Å². The molecule has 1 rings (SSSR count). The van der Waals surface area contributed by atoms with Crippen LogP contribution < -0.4 is 16.1 Å². The van der Waals surface area contributed by atoms with Crippen molar-refractivity contribution in [2.75, 3.05) is 19.7 Å². The SMILES string of the molecule is CCCCCCCCCCCCCCCCCCNOCCCNC(=O)C(CC(C)C)NC(=O)OCc1ccccc1. The van der Waals surface area contributed by atoms with Crippen LogP contribution in [0.25, 0.3) is 0 Å². The van der Waals surface area contributed by atoms with E-state index in [9.17, 15) is 9.59 Å². The molecule has 1 unspecified atom stereocenters. The van der Waals surface area contributed by atoms with Crippen molar-refractivity contribution in [2.24, 2.45) is 5.92 Å². The van der Waals surface area contributed by atoms with Gasteiger partial charge in [0.2, 0.25) is 5.91 Å². The molecule has 1 atom stereocenters. The summed E-state index contributed by atoms with van der Waals surface area (Å²) >= 11 is 0. The Balaban J connectivity index is 1.93. The fourth-order valence-corrected chi connectivity index (χ4v) is 4.98. The first-order valence-electron chi connectivity index (χ1n) is 17.1. The van der Waals surface area contributed by atoms with Gasteiger partial charge < -0.3 is 20.2 Å². The number of hydrogen-bond acceptors (Lipinski definition) is 5. The molecule has 7 nitrogen and oxygen atoms in total. The molecule has 0 aliphatic rings. The molecule has 242 valence electrons. The Bertz CT molecular complexity index is 760. The standard InChI is InChI=1S/C35H63N3O4/c1-4-5-6-7-8-9-10-11-12-13-14-15-16-17-18-22-27-37-42-28-23-26-36-34(39)33(29-31(2)3)38-35(40)41-30-32-24-20-19-21-25-32/h19-21,24-25,31,33,37H,4-18,22-23,26-30H2,1-3H3,(H,36,39)(H,38,40). The van der Waals surface area contributed by atoms with Gasteiger partial charge in [0.05, 0.1) is 6.61 Å². The van der Waals surface area contributed by atoms with Crippen molar-refractivity contribution in [1.29, 1.82) is 0 Å². The second-order valence-corrected chi connectivity index (χ2v) is 12.1. The van der Waals surface area contributed by atoms with Crippen molar-refractivity contribution in [2.45, 2.75) is 149 Å². The van der Waals surface area contributed by atoms with Crippen LogP contribution in [0.3, 0.4) is 0 Å². The monoisotopic (exact) mass is 589 g/mol. The van der Waals surface area contributed by atoms with Crippen LogP contribution >= 0.6 is 0 Å². The zero-order valence-electron chi connectivity index (χ0n) is 27.2. The third kappa shape index (κ3) is 23.4. The van der Waals surface area contributed by atoms with Gasteiger partial charge in [-0.25, -0.2) is 10.3 Å². The van der Waals surface area contributed by atoms with Crippen LogP contribution in [0.5, 0.6) is 0 Å². The number of benzene rings is 1. The minimum atomic E-state index is -0.623. The van der Waals surface area contributed by atoms with Crippen molar-refractivity contribution < 1.29 is 19.2 Å². The summed E-state index contributed by atoms with van der Waals surface area (Å²) in [5.74, 6) is 0.0636. The summed E-state index contributed by atoms with van der Waals surface area (Å²) in [5.41, 5.74) is 3.94. The molecule has 0 saturated heterocycles. The minimum Gasteiger partial charge on any atom is -0.445 e. The average molecular weight is 590 g/mol. The molecule has 0 aliphatic heterocycles. The van der Waals surface area contributed by atoms with E-state index in [-0.39, 0.29) is 18.4 Å². The Hall–Kier alpha value is -2.12. The van der Waals surface area contributed by atoms with Gasteiger partial charge in [-0.2, -0.15) is 0 Å². The van der Waals surface area contributed by atoms with Crippen LogP contribution in [0.1, 0.15) is 142 Å². The summed E-state index contributed by atoms with van der Waals surface area (Å²) in [4.78, 5) is 30.4. The molecule has 42 heavy (non-hydrogen) atoms. The molecular formula is C35H63N3O4. The third-order valence-corrected chi connectivity index (χ3v) is 7.49. The van der Waals surface area contributed by atoms with E-state index in [0.29, 0.717) is 26.0 Å². The summed E-state index contributed by atoms with van der Waals surface area (Å²) in [7, 11) is 0.